The van der Waals surface area contributed by atoms with Crippen molar-refractivity contribution in [2.24, 2.45) is 0 Å². The van der Waals surface area contributed by atoms with E-state index < -0.39 is 0 Å². The SMILES string of the molecule is Cc1ccccc1-n1nnnc1SCC(=O)N(Cc1ccco1)C1=CCCCC1. The number of carbonyl (C=O) groups excluding carboxylic acids is 1. The van der Waals surface area contributed by atoms with Gasteiger partial charge in [-0.2, -0.15) is 4.68 Å². The van der Waals surface area contributed by atoms with Crippen LogP contribution in [0.5, 0.6) is 0 Å². The summed E-state index contributed by atoms with van der Waals surface area (Å²) in [5.74, 6) is 1.06. The zero-order valence-electron chi connectivity index (χ0n) is 16.3. The second-order valence-electron chi connectivity index (χ2n) is 6.95. The molecule has 150 valence electrons. The molecule has 8 heteroatoms. The van der Waals surface area contributed by atoms with Gasteiger partial charge in [0.15, 0.2) is 0 Å². The van der Waals surface area contributed by atoms with Crippen molar-refractivity contribution < 1.29 is 9.21 Å². The molecule has 0 bridgehead atoms. The fraction of sp³-hybridized carbons (Fsp3) is 0.333. The van der Waals surface area contributed by atoms with Crippen LogP contribution >= 0.6 is 11.8 Å². The summed E-state index contributed by atoms with van der Waals surface area (Å²) in [6, 6.07) is 11.6. The van der Waals surface area contributed by atoms with E-state index in [1.165, 1.54) is 18.2 Å². The van der Waals surface area contributed by atoms with Crippen LogP contribution < -0.4 is 0 Å². The number of benzene rings is 1. The van der Waals surface area contributed by atoms with Gasteiger partial charge in [0.2, 0.25) is 11.1 Å². The highest BCUT2D eigenvalue weighted by molar-refractivity contribution is 7.99. The van der Waals surface area contributed by atoms with E-state index in [9.17, 15) is 4.79 Å². The Kier molecular flexibility index (Phi) is 6.09. The van der Waals surface area contributed by atoms with Gasteiger partial charge >= 0.3 is 0 Å². The summed E-state index contributed by atoms with van der Waals surface area (Å²) >= 11 is 1.35. The van der Waals surface area contributed by atoms with Crippen molar-refractivity contribution in [3.05, 3.63) is 65.8 Å². The molecule has 1 aliphatic carbocycles. The number of para-hydroxylation sites is 1. The number of amides is 1. The van der Waals surface area contributed by atoms with Gasteiger partial charge in [0.1, 0.15) is 5.76 Å². The molecule has 3 aromatic rings. The number of tetrazole rings is 1. The maximum atomic E-state index is 13.1. The minimum atomic E-state index is 0.0267. The molecule has 0 spiro atoms. The fourth-order valence-corrected chi connectivity index (χ4v) is 4.16. The number of hydrogen-bond acceptors (Lipinski definition) is 6. The van der Waals surface area contributed by atoms with E-state index in [1.807, 2.05) is 48.2 Å². The third-order valence-corrected chi connectivity index (χ3v) is 5.82. The van der Waals surface area contributed by atoms with Gasteiger partial charge in [0.25, 0.3) is 0 Å². The van der Waals surface area contributed by atoms with E-state index in [1.54, 1.807) is 10.9 Å². The van der Waals surface area contributed by atoms with Gasteiger partial charge in [-0.05, 0) is 66.8 Å². The van der Waals surface area contributed by atoms with E-state index in [0.29, 0.717) is 11.7 Å². The predicted octanol–water partition coefficient (Wildman–Crippen LogP) is 4.14. The molecule has 0 N–H and O–H groups in total. The maximum absolute atomic E-state index is 13.1. The molecule has 7 nitrogen and oxygen atoms in total. The van der Waals surface area contributed by atoms with E-state index >= 15 is 0 Å². The largest absolute Gasteiger partial charge is 0.467 e. The molecule has 2 heterocycles. The smallest absolute Gasteiger partial charge is 0.237 e. The Morgan fingerprint density at radius 1 is 1.24 bits per heavy atom. The van der Waals surface area contributed by atoms with Crippen LogP contribution in [0.2, 0.25) is 0 Å². The molecule has 4 rings (SSSR count). The van der Waals surface area contributed by atoms with Gasteiger partial charge in [-0.15, -0.1) is 5.10 Å². The average molecular weight is 410 g/mol. The van der Waals surface area contributed by atoms with Gasteiger partial charge in [-0.25, -0.2) is 0 Å². The number of aryl methyl sites for hydroxylation is 1. The lowest BCUT2D eigenvalue weighted by atomic mass is 10.0. The summed E-state index contributed by atoms with van der Waals surface area (Å²) in [4.78, 5) is 15.0. The number of rotatable bonds is 7. The first-order valence-electron chi connectivity index (χ1n) is 9.71. The third-order valence-electron chi connectivity index (χ3n) is 4.92. The normalized spacial score (nSPS) is 13.9. The molecule has 2 aromatic heterocycles. The first kappa shape index (κ1) is 19.4. The maximum Gasteiger partial charge on any atom is 0.237 e. The molecule has 0 fully saturated rings. The lowest BCUT2D eigenvalue weighted by Crippen LogP contribution is -2.32. The molecular formula is C21H23N5O2S. The number of nitrogens with zero attached hydrogens (tertiary/aromatic N) is 5. The zero-order valence-corrected chi connectivity index (χ0v) is 17.1. The van der Waals surface area contributed by atoms with E-state index in [4.69, 9.17) is 4.42 Å². The van der Waals surface area contributed by atoms with Gasteiger partial charge in [-0.3, -0.25) is 4.79 Å². The van der Waals surface area contributed by atoms with Crippen molar-refractivity contribution in [3.8, 4) is 5.69 Å². The standard InChI is InChI=1S/C21H23N5O2S/c1-16-8-5-6-12-19(16)26-21(22-23-24-26)29-15-20(27)25(14-18-11-7-13-28-18)17-9-3-2-4-10-17/h5-9,11-13H,2-4,10,14-15H2,1H3. The molecule has 0 aliphatic heterocycles. The zero-order chi connectivity index (χ0) is 20.1. The summed E-state index contributed by atoms with van der Waals surface area (Å²) in [6.07, 6.45) is 8.01. The first-order valence-corrected chi connectivity index (χ1v) is 10.7. The Balaban J connectivity index is 1.49. The van der Waals surface area contributed by atoms with Crippen molar-refractivity contribution >= 4 is 17.7 Å². The highest BCUT2D eigenvalue weighted by Gasteiger charge is 2.22. The summed E-state index contributed by atoms with van der Waals surface area (Å²) < 4.78 is 7.17. The number of allylic oxidation sites excluding steroid dienone is 2. The Morgan fingerprint density at radius 3 is 2.90 bits per heavy atom. The van der Waals surface area contributed by atoms with Crippen LogP contribution in [0.25, 0.3) is 5.69 Å². The second-order valence-corrected chi connectivity index (χ2v) is 7.89. The minimum absolute atomic E-state index is 0.0267. The second kappa shape index (κ2) is 9.09. The van der Waals surface area contributed by atoms with Crippen LogP contribution in [0, 0.1) is 6.92 Å². The third kappa shape index (κ3) is 4.59. The minimum Gasteiger partial charge on any atom is -0.467 e. The Morgan fingerprint density at radius 2 is 2.14 bits per heavy atom. The van der Waals surface area contributed by atoms with Crippen LogP contribution in [-0.2, 0) is 11.3 Å². The average Bonchev–Trinajstić information content (AvgIpc) is 3.43. The summed E-state index contributed by atoms with van der Waals surface area (Å²) in [6.45, 7) is 2.46. The van der Waals surface area contributed by atoms with Crippen molar-refractivity contribution in [1.29, 1.82) is 0 Å². The van der Waals surface area contributed by atoms with Crippen molar-refractivity contribution in [1.82, 2.24) is 25.1 Å². The van der Waals surface area contributed by atoms with E-state index in [-0.39, 0.29) is 11.7 Å². The summed E-state index contributed by atoms with van der Waals surface area (Å²) in [5, 5.41) is 12.6. The van der Waals surface area contributed by atoms with Crippen LogP contribution in [0.15, 0.2) is 64.0 Å². The Hall–Kier alpha value is -2.87. The monoisotopic (exact) mass is 409 g/mol. The highest BCUT2D eigenvalue weighted by Crippen LogP contribution is 2.26. The molecule has 0 unspecified atom stereocenters. The molecule has 1 amide bonds. The van der Waals surface area contributed by atoms with Crippen molar-refractivity contribution in [2.45, 2.75) is 44.3 Å². The molecule has 1 aliphatic rings. The highest BCUT2D eigenvalue weighted by atomic mass is 32.2. The lowest BCUT2D eigenvalue weighted by molar-refractivity contribution is -0.127. The quantitative estimate of drug-likeness (QED) is 0.546. The molecule has 0 saturated carbocycles. The van der Waals surface area contributed by atoms with Gasteiger partial charge < -0.3 is 9.32 Å². The number of furan rings is 1. The predicted molar refractivity (Wildman–Crippen MR) is 110 cm³/mol. The Bertz CT molecular complexity index is 996. The topological polar surface area (TPSA) is 77.1 Å². The van der Waals surface area contributed by atoms with Crippen molar-refractivity contribution in [2.75, 3.05) is 5.75 Å². The van der Waals surface area contributed by atoms with Crippen LogP contribution in [-0.4, -0.2) is 36.8 Å². The van der Waals surface area contributed by atoms with E-state index in [0.717, 1.165) is 42.0 Å². The molecular weight excluding hydrogens is 386 g/mol. The fourth-order valence-electron chi connectivity index (χ4n) is 3.40. The van der Waals surface area contributed by atoms with Crippen LogP contribution in [0.1, 0.15) is 37.0 Å². The van der Waals surface area contributed by atoms with Crippen molar-refractivity contribution in [3.63, 3.8) is 0 Å². The van der Waals surface area contributed by atoms with Crippen LogP contribution in [0.3, 0.4) is 0 Å². The van der Waals surface area contributed by atoms with Crippen LogP contribution in [0.4, 0.5) is 0 Å². The molecule has 29 heavy (non-hydrogen) atoms. The molecule has 0 radical (unpaired) electrons. The summed E-state index contributed by atoms with van der Waals surface area (Å²) in [7, 11) is 0. The Labute approximate surface area is 173 Å². The molecule has 1 aromatic carbocycles. The number of thioether (sulfide) groups is 1. The first-order chi connectivity index (χ1) is 14.2. The summed E-state index contributed by atoms with van der Waals surface area (Å²) in [5.41, 5.74) is 3.06. The molecule has 0 atom stereocenters. The lowest BCUT2D eigenvalue weighted by Gasteiger charge is -2.27. The van der Waals surface area contributed by atoms with Gasteiger partial charge in [0, 0.05) is 5.70 Å². The van der Waals surface area contributed by atoms with Gasteiger partial charge in [0.05, 0.1) is 24.2 Å². The molecule has 0 saturated heterocycles. The van der Waals surface area contributed by atoms with Gasteiger partial charge in [-0.1, -0.05) is 36.0 Å². The number of carbonyl (C=O) groups is 1. The number of hydrogen-bond donors (Lipinski definition) is 0. The number of aromatic nitrogens is 4. The van der Waals surface area contributed by atoms with E-state index in [2.05, 4.69) is 21.6 Å².